The van der Waals surface area contributed by atoms with E-state index in [2.05, 4.69) is 0 Å². The summed E-state index contributed by atoms with van der Waals surface area (Å²) in [4.78, 5) is 9.32. The Hall–Kier alpha value is -1.00. The van der Waals surface area contributed by atoms with Gasteiger partial charge in [0.1, 0.15) is 5.00 Å². The van der Waals surface area contributed by atoms with Crippen LogP contribution in [0, 0.1) is 5.92 Å². The zero-order valence-corrected chi connectivity index (χ0v) is 7.66. The Morgan fingerprint density at radius 1 is 1.77 bits per heavy atom. The monoisotopic (exact) mass is 202 g/mol. The molecule has 5 heteroatoms. The smallest absolute Gasteiger partial charge is 0.304 e. The van der Waals surface area contributed by atoms with Crippen molar-refractivity contribution in [3.63, 3.8) is 0 Å². The number of allylic oxidation sites excluding steroid dienone is 1. The summed E-state index contributed by atoms with van der Waals surface area (Å²) < 4.78 is 0. The van der Waals surface area contributed by atoms with E-state index in [0.717, 1.165) is 0 Å². The molecular weight excluding hydrogens is 192 g/mol. The van der Waals surface area contributed by atoms with Gasteiger partial charge in [0.05, 0.1) is 6.42 Å². The normalized spacial score (nSPS) is 32.8. The Balaban J connectivity index is 2.74. The molecule has 5 N–H and O–H groups in total. The Bertz CT molecular complexity index is 284. The lowest BCUT2D eigenvalue weighted by Crippen LogP contribution is -2.33. The first-order chi connectivity index (χ1) is 5.91. The molecule has 0 aliphatic heterocycles. The highest BCUT2D eigenvalue weighted by atomic mass is 35.5. The van der Waals surface area contributed by atoms with E-state index >= 15 is 0 Å². The van der Waals surface area contributed by atoms with Gasteiger partial charge < -0.3 is 16.6 Å². The summed E-state index contributed by atoms with van der Waals surface area (Å²) in [6, 6.07) is 0. The van der Waals surface area contributed by atoms with Crippen LogP contribution in [-0.2, 0) is 4.79 Å². The second kappa shape index (κ2) is 3.40. The lowest BCUT2D eigenvalue weighted by atomic mass is 9.94. The quantitative estimate of drug-likeness (QED) is 0.343. The third kappa shape index (κ3) is 2.75. The van der Waals surface area contributed by atoms with Crippen LogP contribution in [0.5, 0.6) is 0 Å². The first-order valence-corrected chi connectivity index (χ1v) is 4.16. The molecule has 0 bridgehead atoms. The van der Waals surface area contributed by atoms with E-state index in [1.807, 2.05) is 0 Å². The minimum atomic E-state index is -1.07. The number of carbonyl (C=O) groups is 1. The van der Waals surface area contributed by atoms with Gasteiger partial charge in [0.15, 0.2) is 0 Å². The minimum absolute atomic E-state index is 0.0359. The van der Waals surface area contributed by atoms with Crippen molar-refractivity contribution in [2.45, 2.75) is 11.4 Å². The van der Waals surface area contributed by atoms with E-state index in [1.54, 1.807) is 12.2 Å². The third-order valence-corrected chi connectivity index (χ3v) is 2.03. The molecule has 72 valence electrons. The Morgan fingerprint density at radius 3 is 2.85 bits per heavy atom. The van der Waals surface area contributed by atoms with Crippen LogP contribution in [0.15, 0.2) is 23.9 Å². The molecule has 0 fully saturated rings. The number of aliphatic carboxylic acids is 1. The molecule has 1 aliphatic carbocycles. The number of hydrogen-bond acceptors (Lipinski definition) is 3. The number of alkyl halides is 1. The molecule has 0 heterocycles. The molecule has 0 saturated heterocycles. The minimum Gasteiger partial charge on any atom is -0.481 e. The first kappa shape index (κ1) is 10.1. The molecule has 0 radical (unpaired) electrons. The fourth-order valence-corrected chi connectivity index (χ4v) is 1.36. The molecular formula is C8H11ClN2O2. The van der Waals surface area contributed by atoms with Crippen LogP contribution in [0.2, 0.25) is 0 Å². The topological polar surface area (TPSA) is 89.3 Å². The second-order valence-corrected chi connectivity index (χ2v) is 3.69. The highest BCUT2D eigenvalue weighted by Gasteiger charge is 2.24. The zero-order chi connectivity index (χ0) is 10.1. The van der Waals surface area contributed by atoms with Gasteiger partial charge in [0.2, 0.25) is 0 Å². The van der Waals surface area contributed by atoms with Crippen LogP contribution < -0.4 is 11.5 Å². The average molecular weight is 203 g/mol. The fraction of sp³-hybridized carbons (Fsp3) is 0.375. The molecule has 0 spiro atoms. The Kier molecular flexibility index (Phi) is 2.63. The maximum absolute atomic E-state index is 10.4. The highest BCUT2D eigenvalue weighted by molar-refractivity contribution is 6.26. The first-order valence-electron chi connectivity index (χ1n) is 3.78. The summed E-state index contributed by atoms with van der Waals surface area (Å²) in [6.45, 7) is 0. The predicted octanol–water partition coefficient (Wildman–Crippen LogP) is 0.384. The van der Waals surface area contributed by atoms with Gasteiger partial charge in [-0.05, 0) is 12.2 Å². The van der Waals surface area contributed by atoms with E-state index < -0.39 is 11.0 Å². The van der Waals surface area contributed by atoms with E-state index in [-0.39, 0.29) is 12.3 Å². The standard InChI is InChI=1S/C8H11ClN2O2/c9-8(11)2-1-5(3-7(12)13)6(10)4-8/h1-2,4-5H,3,10-11H2,(H,12,13). The van der Waals surface area contributed by atoms with Crippen LogP contribution in [0.3, 0.4) is 0 Å². The number of carboxylic acids is 1. The van der Waals surface area contributed by atoms with Crippen LogP contribution in [-0.4, -0.2) is 16.1 Å². The van der Waals surface area contributed by atoms with Gasteiger partial charge in [-0.1, -0.05) is 17.7 Å². The van der Waals surface area contributed by atoms with Crippen LogP contribution in [0.1, 0.15) is 6.42 Å². The summed E-state index contributed by atoms with van der Waals surface area (Å²) in [7, 11) is 0. The van der Waals surface area contributed by atoms with Crippen LogP contribution in [0.25, 0.3) is 0 Å². The van der Waals surface area contributed by atoms with Crippen molar-refractivity contribution in [1.82, 2.24) is 0 Å². The van der Waals surface area contributed by atoms with Crippen molar-refractivity contribution in [2.75, 3.05) is 0 Å². The number of nitrogens with two attached hydrogens (primary N) is 2. The van der Waals surface area contributed by atoms with Gasteiger partial charge in [0.25, 0.3) is 0 Å². The molecule has 1 rings (SSSR count). The van der Waals surface area contributed by atoms with E-state index in [4.69, 9.17) is 28.2 Å². The van der Waals surface area contributed by atoms with Gasteiger partial charge in [-0.25, -0.2) is 0 Å². The molecule has 13 heavy (non-hydrogen) atoms. The maximum atomic E-state index is 10.4. The summed E-state index contributed by atoms with van der Waals surface area (Å²) >= 11 is 5.76. The Morgan fingerprint density at radius 2 is 2.38 bits per heavy atom. The van der Waals surface area contributed by atoms with Crippen LogP contribution >= 0.6 is 11.6 Å². The molecule has 0 amide bonds. The van der Waals surface area contributed by atoms with Crippen LogP contribution in [0.4, 0.5) is 0 Å². The SMILES string of the molecule is NC1=CC(N)(Cl)C=CC1CC(=O)O. The van der Waals surface area contributed by atoms with Crippen molar-refractivity contribution in [2.24, 2.45) is 17.4 Å². The van der Waals surface area contributed by atoms with Crippen molar-refractivity contribution < 1.29 is 9.90 Å². The second-order valence-electron chi connectivity index (χ2n) is 3.04. The van der Waals surface area contributed by atoms with Crippen molar-refractivity contribution >= 4 is 17.6 Å². The number of hydrogen-bond donors (Lipinski definition) is 3. The van der Waals surface area contributed by atoms with E-state index in [0.29, 0.717) is 5.70 Å². The molecule has 1 aliphatic rings. The predicted molar refractivity (Wildman–Crippen MR) is 49.9 cm³/mol. The number of rotatable bonds is 2. The highest BCUT2D eigenvalue weighted by Crippen LogP contribution is 2.25. The lowest BCUT2D eigenvalue weighted by molar-refractivity contribution is -0.137. The average Bonchev–Trinajstić information content (AvgIpc) is 1.93. The Labute approximate surface area is 80.8 Å². The number of halogens is 1. The van der Waals surface area contributed by atoms with E-state index in [9.17, 15) is 4.79 Å². The third-order valence-electron chi connectivity index (χ3n) is 1.79. The van der Waals surface area contributed by atoms with Gasteiger partial charge in [-0.3, -0.25) is 4.79 Å². The molecule has 4 nitrogen and oxygen atoms in total. The molecule has 2 unspecified atom stereocenters. The number of carboxylic acid groups (broad SMARTS) is 1. The van der Waals surface area contributed by atoms with Gasteiger partial charge >= 0.3 is 5.97 Å². The molecule has 0 saturated carbocycles. The zero-order valence-electron chi connectivity index (χ0n) is 6.90. The van der Waals surface area contributed by atoms with E-state index in [1.165, 1.54) is 6.08 Å². The maximum Gasteiger partial charge on any atom is 0.304 e. The van der Waals surface area contributed by atoms with Gasteiger partial charge in [-0.15, -0.1) is 0 Å². The molecule has 0 aromatic carbocycles. The largest absolute Gasteiger partial charge is 0.481 e. The van der Waals surface area contributed by atoms with Crippen molar-refractivity contribution in [1.29, 1.82) is 0 Å². The summed E-state index contributed by atoms with van der Waals surface area (Å²) in [5.74, 6) is -1.20. The van der Waals surface area contributed by atoms with Gasteiger partial charge in [0, 0.05) is 11.6 Å². The molecule has 0 aromatic rings. The summed E-state index contributed by atoms with van der Waals surface area (Å²) in [5.41, 5.74) is 11.5. The van der Waals surface area contributed by atoms with Crippen molar-refractivity contribution in [3.8, 4) is 0 Å². The summed E-state index contributed by atoms with van der Waals surface area (Å²) in [6.07, 6.45) is 4.59. The molecule has 0 aromatic heterocycles. The van der Waals surface area contributed by atoms with Gasteiger partial charge in [-0.2, -0.15) is 0 Å². The summed E-state index contributed by atoms with van der Waals surface area (Å²) in [5, 5.41) is 8.53. The lowest BCUT2D eigenvalue weighted by Gasteiger charge is -2.22. The molecule has 2 atom stereocenters. The van der Waals surface area contributed by atoms with Crippen molar-refractivity contribution in [3.05, 3.63) is 23.9 Å². The fourth-order valence-electron chi connectivity index (χ4n) is 1.16.